The molecule has 1 fully saturated rings. The van der Waals surface area contributed by atoms with Crippen LogP contribution in [0.15, 0.2) is 59.1 Å². The highest BCUT2D eigenvalue weighted by Crippen LogP contribution is 2.29. The van der Waals surface area contributed by atoms with Gasteiger partial charge in [-0.1, -0.05) is 24.8 Å². The zero-order chi connectivity index (χ0) is 21.1. The van der Waals surface area contributed by atoms with Gasteiger partial charge in [0.1, 0.15) is 5.82 Å². The van der Waals surface area contributed by atoms with Crippen LogP contribution in [0.1, 0.15) is 33.2 Å². The van der Waals surface area contributed by atoms with Crippen molar-refractivity contribution in [3.8, 4) is 0 Å². The summed E-state index contributed by atoms with van der Waals surface area (Å²) in [6.45, 7) is 8.03. The number of benzene rings is 1. The molecule has 0 aliphatic carbocycles. The third kappa shape index (κ3) is 7.40. The molecular weight excluding hydrogens is 386 g/mol. The molecule has 0 radical (unpaired) electrons. The Labute approximate surface area is 178 Å². The van der Waals surface area contributed by atoms with Crippen LogP contribution < -0.4 is 16.4 Å². The van der Waals surface area contributed by atoms with Gasteiger partial charge in [-0.2, -0.15) is 0 Å². The second kappa shape index (κ2) is 12.1. The Morgan fingerprint density at radius 1 is 1.24 bits per heavy atom. The molecule has 0 aromatic heterocycles. The molecule has 1 saturated heterocycles. The lowest BCUT2D eigenvalue weighted by Crippen LogP contribution is -2.26. The number of hydrogen-bond acceptors (Lipinski definition) is 7. The Morgan fingerprint density at radius 3 is 2.55 bits per heavy atom. The van der Waals surface area contributed by atoms with Crippen LogP contribution in [0.25, 0.3) is 0 Å². The SMILES string of the molecule is C1CCOCC1.C=CN=C(C)SC(=N/C=C(/N)N1CCc2ccccc21)C(N)=O.[HH]. The third-order valence-electron chi connectivity index (χ3n) is 4.32. The molecule has 1 aromatic carbocycles. The first-order valence-electron chi connectivity index (χ1n) is 9.62. The number of carbonyl (C=O) groups excluding carboxylic acids is 1. The first-order chi connectivity index (χ1) is 14.0. The van der Waals surface area contributed by atoms with Crippen LogP contribution in [0.2, 0.25) is 0 Å². The summed E-state index contributed by atoms with van der Waals surface area (Å²) in [6, 6.07) is 8.06. The standard InChI is InChI=1S/C16H19N5OS.C5H10O.H2/c1-3-19-11(2)23-16(15(18)22)20-10-14(17)21-9-8-12-6-4-5-7-13(12)21;1-2-4-6-5-3-1;/h3-7,10H,1,8-9,17H2,2H3,(H2,18,22);1-5H2;1H/b14-10-,19-11?,20-16?;;. The van der Waals surface area contributed by atoms with E-state index in [-0.39, 0.29) is 6.47 Å². The Hall–Kier alpha value is -2.58. The highest BCUT2D eigenvalue weighted by atomic mass is 32.2. The van der Waals surface area contributed by atoms with Gasteiger partial charge < -0.3 is 21.1 Å². The summed E-state index contributed by atoms with van der Waals surface area (Å²) in [4.78, 5) is 21.5. The number of aliphatic imine (C=N–C) groups is 2. The van der Waals surface area contributed by atoms with Gasteiger partial charge in [0.05, 0.1) is 11.2 Å². The number of para-hydroxylation sites is 1. The van der Waals surface area contributed by atoms with E-state index in [2.05, 4.69) is 22.6 Å². The molecule has 3 rings (SSSR count). The van der Waals surface area contributed by atoms with Gasteiger partial charge in [-0.15, -0.1) is 0 Å². The predicted octanol–water partition coefficient (Wildman–Crippen LogP) is 3.42. The van der Waals surface area contributed by atoms with Crippen molar-refractivity contribution in [2.45, 2.75) is 32.6 Å². The third-order valence-corrected chi connectivity index (χ3v) is 5.22. The summed E-state index contributed by atoms with van der Waals surface area (Å²) in [7, 11) is 0. The van der Waals surface area contributed by atoms with Gasteiger partial charge >= 0.3 is 0 Å². The predicted molar refractivity (Wildman–Crippen MR) is 124 cm³/mol. The van der Waals surface area contributed by atoms with Gasteiger partial charge in [-0.25, -0.2) is 4.99 Å². The molecular formula is C21H31N5O2S. The molecule has 2 aliphatic heterocycles. The number of amides is 1. The van der Waals surface area contributed by atoms with Crippen molar-refractivity contribution in [3.05, 3.63) is 54.6 Å². The molecule has 0 spiro atoms. The zero-order valence-electron chi connectivity index (χ0n) is 16.8. The lowest BCUT2D eigenvalue weighted by Gasteiger charge is -2.18. The number of carbonyl (C=O) groups is 1. The molecule has 7 nitrogen and oxygen atoms in total. The largest absolute Gasteiger partial charge is 0.384 e. The van der Waals surface area contributed by atoms with E-state index in [9.17, 15) is 4.79 Å². The van der Waals surface area contributed by atoms with E-state index in [1.54, 1.807) is 6.92 Å². The summed E-state index contributed by atoms with van der Waals surface area (Å²) >= 11 is 1.08. The van der Waals surface area contributed by atoms with Gasteiger partial charge in [-0.05, 0) is 56.0 Å². The van der Waals surface area contributed by atoms with Crippen LogP contribution in [0, 0.1) is 0 Å². The van der Waals surface area contributed by atoms with Crippen molar-refractivity contribution in [1.82, 2.24) is 0 Å². The van der Waals surface area contributed by atoms with E-state index in [1.807, 2.05) is 23.1 Å². The molecule has 1 amide bonds. The number of anilines is 1. The summed E-state index contributed by atoms with van der Waals surface area (Å²) in [5.74, 6) is -0.160. The number of rotatable bonds is 3. The van der Waals surface area contributed by atoms with Gasteiger partial charge in [0.15, 0.2) is 5.04 Å². The maximum atomic E-state index is 11.5. The number of ether oxygens (including phenoxy) is 1. The van der Waals surface area contributed by atoms with Crippen LogP contribution in [0.4, 0.5) is 5.69 Å². The van der Waals surface area contributed by atoms with Crippen molar-refractivity contribution in [2.24, 2.45) is 21.5 Å². The normalized spacial score (nSPS) is 17.3. The summed E-state index contributed by atoms with van der Waals surface area (Å²) in [5.41, 5.74) is 13.8. The average molecular weight is 418 g/mol. The minimum absolute atomic E-state index is 0. The molecule has 0 saturated carbocycles. The number of hydrogen-bond donors (Lipinski definition) is 2. The van der Waals surface area contributed by atoms with Crippen molar-refractivity contribution in [3.63, 3.8) is 0 Å². The topological polar surface area (TPSA) is 106 Å². The number of fused-ring (bicyclic) bond motifs is 1. The zero-order valence-corrected chi connectivity index (χ0v) is 17.7. The molecule has 0 bridgehead atoms. The van der Waals surface area contributed by atoms with E-state index in [0.29, 0.717) is 10.9 Å². The van der Waals surface area contributed by atoms with Crippen molar-refractivity contribution in [2.75, 3.05) is 24.7 Å². The monoisotopic (exact) mass is 417 g/mol. The van der Waals surface area contributed by atoms with Crippen molar-refractivity contribution < 1.29 is 11.0 Å². The first-order valence-corrected chi connectivity index (χ1v) is 10.4. The summed E-state index contributed by atoms with van der Waals surface area (Å²) < 4.78 is 5.07. The Kier molecular flexibility index (Phi) is 9.46. The smallest absolute Gasteiger partial charge is 0.274 e. The molecule has 0 unspecified atom stereocenters. The van der Waals surface area contributed by atoms with Crippen LogP contribution in [-0.2, 0) is 16.0 Å². The number of nitrogens with two attached hydrogens (primary N) is 2. The van der Waals surface area contributed by atoms with Crippen LogP contribution >= 0.6 is 11.8 Å². The fourth-order valence-electron chi connectivity index (χ4n) is 2.92. The molecule has 8 heteroatoms. The van der Waals surface area contributed by atoms with E-state index >= 15 is 0 Å². The van der Waals surface area contributed by atoms with Crippen LogP contribution in [0.3, 0.4) is 0 Å². The van der Waals surface area contributed by atoms with Crippen LogP contribution in [-0.4, -0.2) is 35.8 Å². The number of thioether (sulfide) groups is 1. The second-order valence-electron chi connectivity index (χ2n) is 6.49. The molecule has 4 N–H and O–H groups in total. The van der Waals surface area contributed by atoms with E-state index in [0.717, 1.165) is 43.6 Å². The van der Waals surface area contributed by atoms with E-state index < -0.39 is 5.91 Å². The average Bonchev–Trinajstić information content (AvgIpc) is 3.17. The lowest BCUT2D eigenvalue weighted by atomic mass is 10.2. The minimum Gasteiger partial charge on any atom is -0.384 e. The van der Waals surface area contributed by atoms with Gasteiger partial charge in [0.25, 0.3) is 5.91 Å². The van der Waals surface area contributed by atoms with E-state index in [4.69, 9.17) is 16.2 Å². The summed E-state index contributed by atoms with van der Waals surface area (Å²) in [5, 5.41) is 0.750. The minimum atomic E-state index is -0.625. The molecule has 158 valence electrons. The molecule has 1 aromatic rings. The van der Waals surface area contributed by atoms with Gasteiger partial charge in [-0.3, -0.25) is 9.79 Å². The number of nitrogens with zero attached hydrogens (tertiary/aromatic N) is 3. The lowest BCUT2D eigenvalue weighted by molar-refractivity contribution is -0.111. The Balaban J connectivity index is 0.000000552. The fraction of sp³-hybridized carbons (Fsp3) is 0.381. The highest BCUT2D eigenvalue weighted by Gasteiger charge is 2.20. The summed E-state index contributed by atoms with van der Waals surface area (Å²) in [6.07, 6.45) is 7.71. The Morgan fingerprint density at radius 2 is 1.97 bits per heavy atom. The van der Waals surface area contributed by atoms with E-state index in [1.165, 1.54) is 37.2 Å². The molecule has 2 heterocycles. The molecule has 0 atom stereocenters. The second-order valence-corrected chi connectivity index (χ2v) is 7.67. The van der Waals surface area contributed by atoms with Crippen molar-refractivity contribution in [1.29, 1.82) is 0 Å². The Bertz CT molecular complexity index is 795. The van der Waals surface area contributed by atoms with Gasteiger partial charge in [0.2, 0.25) is 0 Å². The fourth-order valence-corrected chi connectivity index (χ4v) is 3.54. The maximum Gasteiger partial charge on any atom is 0.274 e. The van der Waals surface area contributed by atoms with Crippen LogP contribution in [0.5, 0.6) is 0 Å². The molecule has 29 heavy (non-hydrogen) atoms. The molecule has 2 aliphatic rings. The van der Waals surface area contributed by atoms with Gasteiger partial charge in [0, 0.05) is 33.1 Å². The maximum absolute atomic E-state index is 11.5. The quantitative estimate of drug-likeness (QED) is 0.579. The van der Waals surface area contributed by atoms with Crippen molar-refractivity contribution >= 4 is 33.4 Å². The highest BCUT2D eigenvalue weighted by molar-refractivity contribution is 8.28. The number of primary amides is 1. The first kappa shape index (κ1) is 22.7.